The predicted molar refractivity (Wildman–Crippen MR) is 369 cm³/mol. The summed E-state index contributed by atoms with van der Waals surface area (Å²) >= 11 is 0. The molecule has 0 amide bonds. The lowest BCUT2D eigenvalue weighted by Crippen LogP contribution is -2.41. The van der Waals surface area contributed by atoms with Crippen LogP contribution < -0.4 is 0 Å². The highest BCUT2D eigenvalue weighted by molar-refractivity contribution is 4.77. The molecule has 6 aliphatic heterocycles. The molecule has 0 aromatic heterocycles. The van der Waals surface area contributed by atoms with Crippen molar-refractivity contribution in [2.24, 2.45) is 71.0 Å². The van der Waals surface area contributed by atoms with E-state index < -0.39 is 0 Å². The predicted octanol–water partition coefficient (Wildman–Crippen LogP) is 23.4. The van der Waals surface area contributed by atoms with Crippen molar-refractivity contribution in [3.63, 3.8) is 0 Å². The molecule has 9 aliphatic rings. The van der Waals surface area contributed by atoms with Crippen molar-refractivity contribution < 1.29 is 18.9 Å². The van der Waals surface area contributed by atoms with Crippen LogP contribution in [-0.2, 0) is 18.9 Å². The van der Waals surface area contributed by atoms with Gasteiger partial charge < -0.3 is 23.8 Å². The zero-order valence-electron chi connectivity index (χ0n) is 62.6. The molecule has 6 nitrogen and oxygen atoms in total. The van der Waals surface area contributed by atoms with Gasteiger partial charge in [-0.15, -0.1) is 0 Å². The third-order valence-corrected chi connectivity index (χ3v) is 14.7. The van der Waals surface area contributed by atoms with Crippen LogP contribution in [0.3, 0.4) is 0 Å². The Morgan fingerprint density at radius 1 is 0.253 bits per heavy atom. The van der Waals surface area contributed by atoms with E-state index in [0.29, 0.717) is 12.2 Å². The number of hydrogen-bond acceptors (Lipinski definition) is 6. The van der Waals surface area contributed by atoms with Gasteiger partial charge in [-0.3, -0.25) is 4.90 Å². The van der Waals surface area contributed by atoms with E-state index in [0.717, 1.165) is 123 Å². The van der Waals surface area contributed by atoms with Gasteiger partial charge >= 0.3 is 0 Å². The zero-order chi connectivity index (χ0) is 64.1. The quantitative estimate of drug-likeness (QED) is 0.214. The Morgan fingerprint density at radius 2 is 0.544 bits per heavy atom. The molecule has 0 aromatic carbocycles. The lowest BCUT2D eigenvalue weighted by atomic mass is 9.78. The molecule has 0 bridgehead atoms. The maximum Gasteiger partial charge on any atom is 0.0832 e. The summed E-state index contributed by atoms with van der Waals surface area (Å²) in [5.74, 6) is 11.0. The molecule has 492 valence electrons. The molecule has 6 saturated heterocycles. The van der Waals surface area contributed by atoms with Crippen LogP contribution in [0.1, 0.15) is 320 Å². The Morgan fingerprint density at radius 3 is 0.570 bits per heavy atom. The molecule has 3 atom stereocenters. The molecule has 0 N–H and O–H groups in total. The maximum absolute atomic E-state index is 5.22. The number of rotatable bonds is 9. The standard InChI is InChI=1S/C7H14O.2C7H14.C6H13N.2C6H12O.C6H12.C5H11N.C5H10O.9C2H6/c1-6(2)7-3-4-8-5-7;3*1-6(2)7-4-3-5-7;1-5(2)6-3-7-4-6;1-5(2)6-3-4-7-6;2*1-5(2)6-3-4-6;1-4(2)5-3-6-5;9*1-2/h6-7H,3-5H2,1-2H3;2*6-7H,3-5H2,1-2H3;6H,3-5H2,1-2H3;2*5-6H,3-4H2,1-2H3;5-6H,3-4H2,1-2H3;5H,3-4H2,1-2H3;4-5H,3H2,1-2H3;9*1-2H3. The van der Waals surface area contributed by atoms with Gasteiger partial charge in [0.25, 0.3) is 0 Å². The number of nitrogens with zero attached hydrogens (tertiary/aromatic N) is 2. The molecular weight excluding hydrogens is 969 g/mol. The minimum atomic E-state index is 0.583. The maximum atomic E-state index is 5.22. The van der Waals surface area contributed by atoms with Crippen molar-refractivity contribution in [2.45, 2.75) is 344 Å². The summed E-state index contributed by atoms with van der Waals surface area (Å²) in [7, 11) is 0. The van der Waals surface area contributed by atoms with Crippen molar-refractivity contribution in [1.82, 2.24) is 9.80 Å². The molecule has 3 unspecified atom stereocenters. The van der Waals surface area contributed by atoms with Gasteiger partial charge in [-0.05, 0) is 138 Å². The summed E-state index contributed by atoms with van der Waals surface area (Å²) in [6.07, 6.45) is 17.1. The van der Waals surface area contributed by atoms with Crippen LogP contribution in [0.5, 0.6) is 0 Å². The Bertz CT molecular complexity index is 834. The van der Waals surface area contributed by atoms with Crippen LogP contribution >= 0.6 is 0 Å². The van der Waals surface area contributed by atoms with Crippen LogP contribution in [0.15, 0.2) is 0 Å². The monoisotopic (exact) mass is 1140 g/mol. The number of epoxide rings is 1. The molecule has 79 heavy (non-hydrogen) atoms. The summed E-state index contributed by atoms with van der Waals surface area (Å²) in [6.45, 7) is 87.9. The average Bonchev–Trinajstić information content (AvgIpc) is 4.22. The third kappa shape index (κ3) is 66.8. The molecular formula is C73H166N2O4. The van der Waals surface area contributed by atoms with Crippen LogP contribution in [0.2, 0.25) is 0 Å². The molecule has 0 spiro atoms. The fourth-order valence-corrected chi connectivity index (χ4v) is 7.34. The van der Waals surface area contributed by atoms with Gasteiger partial charge in [0.1, 0.15) is 0 Å². The van der Waals surface area contributed by atoms with E-state index in [1.54, 1.807) is 0 Å². The van der Waals surface area contributed by atoms with Gasteiger partial charge in [-0.1, -0.05) is 260 Å². The van der Waals surface area contributed by atoms with Crippen LogP contribution in [-0.4, -0.2) is 99.9 Å². The Kier molecular flexibility index (Phi) is 91.5. The first-order valence-corrected chi connectivity index (χ1v) is 35.6. The first-order valence-electron chi connectivity index (χ1n) is 35.6. The van der Waals surface area contributed by atoms with Gasteiger partial charge in [0.2, 0.25) is 0 Å². The summed E-state index contributed by atoms with van der Waals surface area (Å²) in [5.41, 5.74) is 0. The fourth-order valence-electron chi connectivity index (χ4n) is 7.34. The lowest BCUT2D eigenvalue weighted by molar-refractivity contribution is -0.0763. The zero-order valence-corrected chi connectivity index (χ0v) is 62.6. The van der Waals surface area contributed by atoms with Gasteiger partial charge in [0.05, 0.1) is 32.0 Å². The molecule has 3 aliphatic carbocycles. The summed E-state index contributed by atoms with van der Waals surface area (Å²) in [4.78, 5) is 4.89. The van der Waals surface area contributed by atoms with Crippen molar-refractivity contribution in [3.8, 4) is 0 Å². The lowest BCUT2D eigenvalue weighted by Gasteiger charge is -2.34. The van der Waals surface area contributed by atoms with Crippen molar-refractivity contribution in [3.05, 3.63) is 0 Å². The largest absolute Gasteiger partial charge is 0.381 e. The third-order valence-electron chi connectivity index (χ3n) is 14.7. The summed E-state index contributed by atoms with van der Waals surface area (Å²) < 4.78 is 20.4. The van der Waals surface area contributed by atoms with E-state index in [-0.39, 0.29) is 0 Å². The minimum Gasteiger partial charge on any atom is -0.381 e. The second-order valence-corrected chi connectivity index (χ2v) is 23.0. The minimum absolute atomic E-state index is 0.583. The highest BCUT2D eigenvalue weighted by atomic mass is 16.6. The molecule has 0 aromatic rings. The highest BCUT2D eigenvalue weighted by Gasteiger charge is 2.26. The first kappa shape index (κ1) is 97.9. The smallest absolute Gasteiger partial charge is 0.0832 e. The van der Waals surface area contributed by atoms with Gasteiger partial charge in [0, 0.05) is 50.9 Å². The fraction of sp³-hybridized carbons (Fsp3) is 1.00. The molecule has 9 fully saturated rings. The Balaban J connectivity index is -0.0000000962. The number of likely N-dealkylation sites (tertiary alicyclic amines) is 1. The normalized spacial score (nSPS) is 20.2. The van der Waals surface area contributed by atoms with E-state index in [9.17, 15) is 0 Å². The van der Waals surface area contributed by atoms with Crippen molar-refractivity contribution in [2.75, 3.05) is 65.8 Å². The van der Waals surface area contributed by atoms with Crippen LogP contribution in [0.25, 0.3) is 0 Å². The Labute approximate surface area is 507 Å². The van der Waals surface area contributed by atoms with Gasteiger partial charge in [-0.2, -0.15) is 0 Å². The van der Waals surface area contributed by atoms with Crippen LogP contribution in [0.4, 0.5) is 0 Å². The van der Waals surface area contributed by atoms with Crippen LogP contribution in [0, 0.1) is 71.0 Å². The van der Waals surface area contributed by atoms with Crippen molar-refractivity contribution >= 4 is 0 Å². The topological polar surface area (TPSA) is 46.5 Å². The highest BCUT2D eigenvalue weighted by Crippen LogP contribution is 2.36. The first-order chi connectivity index (χ1) is 37.7. The van der Waals surface area contributed by atoms with E-state index in [1.165, 1.54) is 96.8 Å². The molecule has 9 rings (SSSR count). The van der Waals surface area contributed by atoms with E-state index >= 15 is 0 Å². The Hall–Kier alpha value is -0.240. The molecule has 6 heteroatoms. The second kappa shape index (κ2) is 73.9. The van der Waals surface area contributed by atoms with Gasteiger partial charge in [0.15, 0.2) is 0 Å². The SMILES string of the molecule is CC.CC.CC.CC.CC.CC.CC.CC.CC.CC(C)C1CC1.CC(C)C1CCC1.CC(C)C1CCC1.CC(C)C1CCO1.CC(C)C1CCOC1.CC(C)C1CO1.CC(C)C1COC1.CC(C)N1CC1.CC(C)N1CCC1. The van der Waals surface area contributed by atoms with E-state index in [2.05, 4.69) is 134 Å². The second-order valence-electron chi connectivity index (χ2n) is 23.0. The number of hydrogen-bond donors (Lipinski definition) is 0. The average molecular weight is 1140 g/mol. The summed E-state index contributed by atoms with van der Waals surface area (Å²) in [5, 5.41) is 0. The van der Waals surface area contributed by atoms with Gasteiger partial charge in [-0.25, -0.2) is 0 Å². The summed E-state index contributed by atoms with van der Waals surface area (Å²) in [6, 6.07) is 1.58. The molecule has 0 radical (unpaired) electrons. The van der Waals surface area contributed by atoms with E-state index in [4.69, 9.17) is 18.9 Å². The molecule has 3 saturated carbocycles. The number of ether oxygens (including phenoxy) is 4. The van der Waals surface area contributed by atoms with Crippen molar-refractivity contribution in [1.29, 1.82) is 0 Å². The van der Waals surface area contributed by atoms with E-state index in [1.807, 2.05) is 125 Å². The molecule has 6 heterocycles.